The monoisotopic (exact) mass is 415 g/mol. The van der Waals surface area contributed by atoms with Crippen molar-refractivity contribution in [2.24, 2.45) is 5.92 Å². The maximum atomic E-state index is 6.23. The fourth-order valence-corrected chi connectivity index (χ4v) is 4.57. The van der Waals surface area contributed by atoms with E-state index in [1.165, 1.54) is 13.0 Å². The zero-order chi connectivity index (χ0) is 19.5. The lowest BCUT2D eigenvalue weighted by molar-refractivity contribution is 0.181. The second kappa shape index (κ2) is 8.86. The summed E-state index contributed by atoms with van der Waals surface area (Å²) in [6.45, 7) is 5.80. The number of rotatable bonds is 5. The van der Waals surface area contributed by atoms with Gasteiger partial charge < -0.3 is 9.47 Å². The molecule has 1 unspecified atom stereocenters. The molecule has 1 fully saturated rings. The summed E-state index contributed by atoms with van der Waals surface area (Å²) >= 11 is 12.4. The van der Waals surface area contributed by atoms with Gasteiger partial charge in [-0.25, -0.2) is 4.98 Å². The molecule has 3 nitrogen and oxygen atoms in total. The summed E-state index contributed by atoms with van der Waals surface area (Å²) in [5.74, 6) is 0.634. The fraction of sp³-hybridized carbons (Fsp3) is 0.435. The Labute approximate surface area is 177 Å². The topological polar surface area (TPSA) is 21.1 Å². The number of halogens is 2. The third-order valence-corrected chi connectivity index (χ3v) is 6.82. The number of piperidine rings is 1. The van der Waals surface area contributed by atoms with Gasteiger partial charge in [-0.15, -0.1) is 0 Å². The molecule has 0 saturated carbocycles. The van der Waals surface area contributed by atoms with Gasteiger partial charge in [0, 0.05) is 19.1 Å². The fourth-order valence-electron chi connectivity index (χ4n) is 4.26. The average Bonchev–Trinajstić information content (AvgIpc) is 2.92. The molecule has 28 heavy (non-hydrogen) atoms. The van der Waals surface area contributed by atoms with E-state index in [1.54, 1.807) is 5.57 Å². The van der Waals surface area contributed by atoms with E-state index >= 15 is 0 Å². The van der Waals surface area contributed by atoms with Crippen molar-refractivity contribution < 1.29 is 0 Å². The Balaban J connectivity index is 1.32. The van der Waals surface area contributed by atoms with Crippen LogP contribution in [0.1, 0.15) is 38.6 Å². The standard InChI is InChI=1S/C23H27Cl2N3/c1-17(18-6-4-2-3-5-7-18)8-11-27-12-9-19(10-13-27)28-16-26-22-14-20(24)21(25)15-23(22)28/h2-6,14-17,19H,7-13H2,1H3. The van der Waals surface area contributed by atoms with Crippen LogP contribution in [0.5, 0.6) is 0 Å². The predicted octanol–water partition coefficient (Wildman–Crippen LogP) is 6.45. The zero-order valence-corrected chi connectivity index (χ0v) is 17.8. The molecule has 1 aliphatic heterocycles. The molecule has 0 radical (unpaired) electrons. The summed E-state index contributed by atoms with van der Waals surface area (Å²) < 4.78 is 2.28. The molecule has 0 amide bonds. The first kappa shape index (κ1) is 19.8. The van der Waals surface area contributed by atoms with Crippen LogP contribution < -0.4 is 0 Å². The molecule has 0 spiro atoms. The van der Waals surface area contributed by atoms with Crippen molar-refractivity contribution in [2.75, 3.05) is 19.6 Å². The highest BCUT2D eigenvalue weighted by Gasteiger charge is 2.22. The van der Waals surface area contributed by atoms with Gasteiger partial charge in [-0.05, 0) is 50.3 Å². The summed E-state index contributed by atoms with van der Waals surface area (Å²) in [7, 11) is 0. The van der Waals surface area contributed by atoms with E-state index in [-0.39, 0.29) is 0 Å². The third-order valence-electron chi connectivity index (χ3n) is 6.10. The van der Waals surface area contributed by atoms with Crippen LogP contribution in [0.4, 0.5) is 0 Å². The predicted molar refractivity (Wildman–Crippen MR) is 119 cm³/mol. The number of allylic oxidation sites excluding steroid dienone is 6. The lowest BCUT2D eigenvalue weighted by Gasteiger charge is -2.33. The SMILES string of the molecule is CC(CCN1CCC(n2cnc3cc(Cl)c(Cl)cc32)CC1)C1=CC=CC=CC1. The van der Waals surface area contributed by atoms with Gasteiger partial charge in [0.05, 0.1) is 27.4 Å². The van der Waals surface area contributed by atoms with Crippen molar-refractivity contribution in [1.82, 2.24) is 14.5 Å². The Morgan fingerprint density at radius 2 is 1.89 bits per heavy atom. The van der Waals surface area contributed by atoms with E-state index in [1.807, 2.05) is 18.5 Å². The summed E-state index contributed by atoms with van der Waals surface area (Å²) in [6.07, 6.45) is 17.5. The highest BCUT2D eigenvalue weighted by atomic mass is 35.5. The molecule has 2 aliphatic rings. The van der Waals surface area contributed by atoms with Crippen molar-refractivity contribution in [3.63, 3.8) is 0 Å². The highest BCUT2D eigenvalue weighted by molar-refractivity contribution is 6.42. The molecular formula is C23H27Cl2N3. The van der Waals surface area contributed by atoms with Gasteiger partial charge >= 0.3 is 0 Å². The van der Waals surface area contributed by atoms with Gasteiger partial charge in [0.15, 0.2) is 0 Å². The summed E-state index contributed by atoms with van der Waals surface area (Å²) in [6, 6.07) is 4.29. The van der Waals surface area contributed by atoms with Crippen LogP contribution >= 0.6 is 23.2 Å². The van der Waals surface area contributed by atoms with Gasteiger partial charge in [0.2, 0.25) is 0 Å². The number of benzene rings is 1. The van der Waals surface area contributed by atoms with E-state index in [4.69, 9.17) is 23.2 Å². The first-order valence-corrected chi connectivity index (χ1v) is 10.9. The third kappa shape index (κ3) is 4.37. The van der Waals surface area contributed by atoms with Crippen LogP contribution in [0.2, 0.25) is 10.0 Å². The number of nitrogens with zero attached hydrogens (tertiary/aromatic N) is 3. The molecule has 1 aromatic carbocycles. The van der Waals surface area contributed by atoms with Crippen LogP contribution in [0, 0.1) is 5.92 Å². The molecule has 0 bridgehead atoms. The minimum Gasteiger partial charge on any atom is -0.327 e. The minimum absolute atomic E-state index is 0.482. The van der Waals surface area contributed by atoms with Crippen LogP contribution in [0.3, 0.4) is 0 Å². The maximum Gasteiger partial charge on any atom is 0.0960 e. The first-order valence-electron chi connectivity index (χ1n) is 10.2. The number of likely N-dealkylation sites (tertiary alicyclic amines) is 1. The normalized spacial score (nSPS) is 19.8. The Morgan fingerprint density at radius 3 is 2.71 bits per heavy atom. The summed E-state index contributed by atoms with van der Waals surface area (Å²) in [5.41, 5.74) is 3.55. The molecule has 1 saturated heterocycles. The van der Waals surface area contributed by atoms with Gasteiger partial charge in [0.25, 0.3) is 0 Å². The number of fused-ring (bicyclic) bond motifs is 1. The Kier molecular flexibility index (Phi) is 6.25. The molecule has 2 aromatic rings. The average molecular weight is 416 g/mol. The molecular weight excluding hydrogens is 389 g/mol. The second-order valence-corrected chi connectivity index (χ2v) is 8.74. The van der Waals surface area contributed by atoms with Gasteiger partial charge in [-0.2, -0.15) is 0 Å². The first-order chi connectivity index (χ1) is 13.6. The van der Waals surface area contributed by atoms with E-state index < -0.39 is 0 Å². The smallest absolute Gasteiger partial charge is 0.0960 e. The zero-order valence-electron chi connectivity index (χ0n) is 16.3. The van der Waals surface area contributed by atoms with Crippen molar-refractivity contribution >= 4 is 34.2 Å². The largest absolute Gasteiger partial charge is 0.327 e. The van der Waals surface area contributed by atoms with E-state index in [0.717, 1.165) is 43.4 Å². The minimum atomic E-state index is 0.482. The highest BCUT2D eigenvalue weighted by Crippen LogP contribution is 2.32. The molecule has 2 heterocycles. The van der Waals surface area contributed by atoms with Gasteiger partial charge in [-0.1, -0.05) is 66.1 Å². The van der Waals surface area contributed by atoms with Crippen molar-refractivity contribution in [3.8, 4) is 0 Å². The van der Waals surface area contributed by atoms with E-state index in [9.17, 15) is 0 Å². The Hall–Kier alpha value is -1.55. The molecule has 1 aromatic heterocycles. The summed E-state index contributed by atoms with van der Waals surface area (Å²) in [4.78, 5) is 7.13. The molecule has 148 valence electrons. The number of hydrogen-bond acceptors (Lipinski definition) is 2. The Morgan fingerprint density at radius 1 is 1.11 bits per heavy atom. The maximum absolute atomic E-state index is 6.23. The lowest BCUT2D eigenvalue weighted by atomic mass is 9.94. The molecule has 0 N–H and O–H groups in total. The van der Waals surface area contributed by atoms with Crippen molar-refractivity contribution in [2.45, 2.75) is 38.6 Å². The van der Waals surface area contributed by atoms with Crippen molar-refractivity contribution in [1.29, 1.82) is 0 Å². The number of hydrogen-bond donors (Lipinski definition) is 0. The van der Waals surface area contributed by atoms with E-state index in [0.29, 0.717) is 22.0 Å². The van der Waals surface area contributed by atoms with E-state index in [2.05, 4.69) is 51.8 Å². The lowest BCUT2D eigenvalue weighted by Crippen LogP contribution is -2.35. The number of imidazole rings is 1. The second-order valence-electron chi connectivity index (χ2n) is 7.93. The number of aromatic nitrogens is 2. The molecule has 5 heteroatoms. The van der Waals surface area contributed by atoms with Crippen LogP contribution in [-0.2, 0) is 0 Å². The Bertz CT molecular complexity index is 917. The van der Waals surface area contributed by atoms with Crippen molar-refractivity contribution in [3.05, 3.63) is 64.5 Å². The van der Waals surface area contributed by atoms with Crippen LogP contribution in [-0.4, -0.2) is 34.1 Å². The molecule has 4 rings (SSSR count). The molecule has 1 atom stereocenters. The van der Waals surface area contributed by atoms with Gasteiger partial charge in [-0.3, -0.25) is 0 Å². The summed E-state index contributed by atoms with van der Waals surface area (Å²) in [5, 5.41) is 1.16. The van der Waals surface area contributed by atoms with Crippen LogP contribution in [0.25, 0.3) is 11.0 Å². The van der Waals surface area contributed by atoms with Crippen LogP contribution in [0.15, 0.2) is 54.4 Å². The van der Waals surface area contributed by atoms with Gasteiger partial charge in [0.1, 0.15) is 0 Å². The molecule has 1 aliphatic carbocycles. The quantitative estimate of drug-likeness (QED) is 0.559.